The van der Waals surface area contributed by atoms with Gasteiger partial charge in [-0.15, -0.1) is 0 Å². The number of anilines is 1. The Morgan fingerprint density at radius 1 is 0.645 bits per heavy atom. The lowest BCUT2D eigenvalue weighted by atomic mass is 9.78. The van der Waals surface area contributed by atoms with Crippen LogP contribution in [0.4, 0.5) is 5.69 Å². The molecule has 0 saturated heterocycles. The lowest BCUT2D eigenvalue weighted by Crippen LogP contribution is -2.19. The fourth-order valence-corrected chi connectivity index (χ4v) is 5.30. The lowest BCUT2D eigenvalue weighted by Gasteiger charge is -2.27. The van der Waals surface area contributed by atoms with Crippen molar-refractivity contribution in [1.29, 1.82) is 0 Å². The highest BCUT2D eigenvalue weighted by molar-refractivity contribution is 7.68. The molecule has 0 radical (unpaired) electrons. The molecule has 0 heterocycles. The van der Waals surface area contributed by atoms with Crippen molar-refractivity contribution in [2.24, 2.45) is 0 Å². The Labute approximate surface area is 184 Å². The van der Waals surface area contributed by atoms with Crippen LogP contribution in [-0.4, -0.2) is 0 Å². The van der Waals surface area contributed by atoms with Crippen molar-refractivity contribution in [3.05, 3.63) is 126 Å². The Bertz CT molecular complexity index is 1160. The summed E-state index contributed by atoms with van der Waals surface area (Å²) >= 11 is 0. The maximum atomic E-state index is 13.9. The van der Waals surface area contributed by atoms with Gasteiger partial charge in [0.25, 0.3) is 0 Å². The van der Waals surface area contributed by atoms with Gasteiger partial charge >= 0.3 is 7.52 Å². The molecule has 4 aromatic carbocycles. The van der Waals surface area contributed by atoms with E-state index in [4.69, 9.17) is 4.52 Å². The minimum Gasteiger partial charge on any atom is -0.426 e. The largest absolute Gasteiger partial charge is 0.426 e. The van der Waals surface area contributed by atoms with Crippen molar-refractivity contribution >= 4 is 18.5 Å². The number of hydrogen-bond acceptors (Lipinski definition) is 2. The minimum absolute atomic E-state index is 0.148. The van der Waals surface area contributed by atoms with Crippen LogP contribution >= 0.6 is 7.52 Å². The predicted molar refractivity (Wildman–Crippen MR) is 129 cm³/mol. The third-order valence-corrected chi connectivity index (χ3v) is 7.45. The van der Waals surface area contributed by atoms with E-state index in [-0.39, 0.29) is 5.41 Å². The van der Waals surface area contributed by atoms with Gasteiger partial charge in [0.05, 0.1) is 5.30 Å². The van der Waals surface area contributed by atoms with Crippen LogP contribution in [-0.2, 0) is 9.98 Å². The zero-order valence-electron chi connectivity index (χ0n) is 17.7. The molecule has 0 saturated carbocycles. The summed E-state index contributed by atoms with van der Waals surface area (Å²) in [5, 5.41) is 3.74. The highest BCUT2D eigenvalue weighted by Gasteiger charge is 2.28. The molecular formula is C27H26NO2P. The van der Waals surface area contributed by atoms with Crippen LogP contribution in [0.5, 0.6) is 5.75 Å². The summed E-state index contributed by atoms with van der Waals surface area (Å²) in [4.78, 5) is 0. The highest BCUT2D eigenvalue weighted by atomic mass is 31.2. The molecule has 0 amide bonds. The molecule has 1 N–H and O–H groups in total. The maximum absolute atomic E-state index is 13.9. The Balaban J connectivity index is 1.63. The molecule has 0 spiro atoms. The minimum atomic E-state index is -3.38. The van der Waals surface area contributed by atoms with Gasteiger partial charge in [-0.25, -0.2) is 4.57 Å². The average Bonchev–Trinajstić information content (AvgIpc) is 2.81. The highest BCUT2D eigenvalue weighted by Crippen LogP contribution is 2.46. The quantitative estimate of drug-likeness (QED) is 0.322. The van der Waals surface area contributed by atoms with Crippen LogP contribution in [0.15, 0.2) is 115 Å². The van der Waals surface area contributed by atoms with E-state index in [1.54, 1.807) is 0 Å². The first-order valence-corrected chi connectivity index (χ1v) is 11.9. The molecule has 3 nitrogen and oxygen atoms in total. The van der Waals surface area contributed by atoms with Crippen molar-refractivity contribution in [3.63, 3.8) is 0 Å². The zero-order valence-corrected chi connectivity index (χ0v) is 18.6. The van der Waals surface area contributed by atoms with Crippen molar-refractivity contribution in [3.8, 4) is 5.75 Å². The summed E-state index contributed by atoms with van der Waals surface area (Å²) in [5.74, 6) is 0.559. The van der Waals surface area contributed by atoms with E-state index in [1.165, 1.54) is 5.56 Å². The monoisotopic (exact) mass is 427 g/mol. The van der Waals surface area contributed by atoms with E-state index < -0.39 is 7.52 Å². The third-order valence-electron chi connectivity index (χ3n) is 5.45. The molecule has 0 aromatic heterocycles. The number of benzene rings is 4. The second-order valence-corrected chi connectivity index (χ2v) is 10.00. The van der Waals surface area contributed by atoms with Crippen molar-refractivity contribution in [2.75, 3.05) is 5.09 Å². The van der Waals surface area contributed by atoms with Crippen molar-refractivity contribution < 1.29 is 9.09 Å². The number of rotatable bonds is 7. The fraction of sp³-hybridized carbons (Fsp3) is 0.111. The van der Waals surface area contributed by atoms with Gasteiger partial charge in [0.15, 0.2) is 0 Å². The van der Waals surface area contributed by atoms with Crippen molar-refractivity contribution in [1.82, 2.24) is 0 Å². The van der Waals surface area contributed by atoms with Gasteiger partial charge in [-0.1, -0.05) is 92.7 Å². The molecule has 0 fully saturated rings. The first-order chi connectivity index (χ1) is 15.0. The molecule has 4 rings (SSSR count). The molecule has 0 aliphatic rings. The number of nitrogens with one attached hydrogen (secondary N) is 1. The SMILES string of the molecule is CC(C)(c1ccccc1)c1ccc(OP(=O)(Nc2ccccc2)c2ccccc2)cc1. The average molecular weight is 427 g/mol. The van der Waals surface area contributed by atoms with Gasteiger partial charge in [-0.2, -0.15) is 0 Å². The Kier molecular flexibility index (Phi) is 5.97. The lowest BCUT2D eigenvalue weighted by molar-refractivity contribution is 0.497. The summed E-state index contributed by atoms with van der Waals surface area (Å²) in [5.41, 5.74) is 3.00. The smallest absolute Gasteiger partial charge is 0.371 e. The molecule has 156 valence electrons. The molecule has 31 heavy (non-hydrogen) atoms. The third kappa shape index (κ3) is 4.73. The fourth-order valence-electron chi connectivity index (χ4n) is 3.55. The van der Waals surface area contributed by atoms with Crippen molar-refractivity contribution in [2.45, 2.75) is 19.3 Å². The van der Waals surface area contributed by atoms with Gasteiger partial charge in [0, 0.05) is 11.1 Å². The summed E-state index contributed by atoms with van der Waals surface area (Å²) in [6.45, 7) is 4.40. The molecule has 1 unspecified atom stereocenters. The first kappa shape index (κ1) is 21.0. The maximum Gasteiger partial charge on any atom is 0.371 e. The second-order valence-electron chi connectivity index (χ2n) is 7.97. The van der Waals surface area contributed by atoms with Crippen LogP contribution in [0, 0.1) is 0 Å². The van der Waals surface area contributed by atoms with E-state index in [1.807, 2.05) is 91.0 Å². The van der Waals surface area contributed by atoms with Crippen LogP contribution in [0.1, 0.15) is 25.0 Å². The summed E-state index contributed by atoms with van der Waals surface area (Å²) in [6, 6.07) is 37.0. The zero-order chi connectivity index (χ0) is 21.7. The van der Waals surface area contributed by atoms with Crippen LogP contribution in [0.2, 0.25) is 0 Å². The molecule has 1 atom stereocenters. The second kappa shape index (κ2) is 8.83. The van der Waals surface area contributed by atoms with Gasteiger partial charge < -0.3 is 9.61 Å². The van der Waals surface area contributed by atoms with Crippen LogP contribution < -0.4 is 14.9 Å². The van der Waals surface area contributed by atoms with Crippen LogP contribution in [0.25, 0.3) is 0 Å². The molecule has 4 aromatic rings. The Morgan fingerprint density at radius 2 is 1.13 bits per heavy atom. The van der Waals surface area contributed by atoms with Gasteiger partial charge in [0.1, 0.15) is 5.75 Å². The topological polar surface area (TPSA) is 38.3 Å². The molecule has 0 aliphatic heterocycles. The van der Waals surface area contributed by atoms with E-state index in [0.717, 1.165) is 11.3 Å². The molecular weight excluding hydrogens is 401 g/mol. The summed E-state index contributed by atoms with van der Waals surface area (Å²) in [7, 11) is -3.38. The predicted octanol–water partition coefficient (Wildman–Crippen LogP) is 7.02. The molecule has 0 aliphatic carbocycles. The van der Waals surface area contributed by atoms with Gasteiger partial charge in [-0.05, 0) is 47.5 Å². The van der Waals surface area contributed by atoms with E-state index in [9.17, 15) is 4.57 Å². The van der Waals surface area contributed by atoms with Gasteiger partial charge in [-0.3, -0.25) is 0 Å². The first-order valence-electron chi connectivity index (χ1n) is 10.3. The Hall–Kier alpha value is -3.29. The standard InChI is InChI=1S/C27H26NO2P/c1-27(2,22-12-6-3-7-13-22)23-18-20-25(21-19-23)30-31(29,26-16-10-5-11-17-26)28-24-14-8-4-9-15-24/h3-21H,1-2H3,(H,28,29). The molecule has 0 bridgehead atoms. The van der Waals surface area contributed by atoms with E-state index >= 15 is 0 Å². The van der Waals surface area contributed by atoms with Crippen LogP contribution in [0.3, 0.4) is 0 Å². The summed E-state index contributed by atoms with van der Waals surface area (Å²) < 4.78 is 20.0. The summed E-state index contributed by atoms with van der Waals surface area (Å²) in [6.07, 6.45) is 0. The molecule has 4 heteroatoms. The normalized spacial score (nSPS) is 13.2. The Morgan fingerprint density at radius 3 is 1.71 bits per heavy atom. The number of hydrogen-bond donors (Lipinski definition) is 1. The number of para-hydroxylation sites is 1. The van der Waals surface area contributed by atoms with Gasteiger partial charge in [0.2, 0.25) is 0 Å². The van der Waals surface area contributed by atoms with E-state index in [0.29, 0.717) is 11.1 Å². The van der Waals surface area contributed by atoms with E-state index in [2.05, 4.69) is 43.2 Å².